The minimum absolute atomic E-state index is 0.0329. The van der Waals surface area contributed by atoms with E-state index in [0.717, 1.165) is 0 Å². The van der Waals surface area contributed by atoms with Crippen LogP contribution in [0.25, 0.3) is 0 Å². The van der Waals surface area contributed by atoms with Crippen LogP contribution < -0.4 is 10.7 Å². The first-order chi connectivity index (χ1) is 7.54. The smallest absolute Gasteiger partial charge is 0.325 e. The van der Waals surface area contributed by atoms with Crippen molar-refractivity contribution in [3.63, 3.8) is 0 Å². The van der Waals surface area contributed by atoms with Crippen LogP contribution in [0.4, 0.5) is 0 Å². The predicted octanol–water partition coefficient (Wildman–Crippen LogP) is -0.414. The van der Waals surface area contributed by atoms with Gasteiger partial charge in [0.2, 0.25) is 0 Å². The van der Waals surface area contributed by atoms with E-state index < -0.39 is 17.3 Å². The Morgan fingerprint density at radius 1 is 1.50 bits per heavy atom. The van der Waals surface area contributed by atoms with Gasteiger partial charge in [-0.05, 0) is 6.92 Å². The lowest BCUT2D eigenvalue weighted by molar-refractivity contribution is -0.139. The summed E-state index contributed by atoms with van der Waals surface area (Å²) in [7, 11) is 1.22. The van der Waals surface area contributed by atoms with Crippen LogP contribution in [0.3, 0.4) is 0 Å². The zero-order chi connectivity index (χ0) is 12.1. The van der Waals surface area contributed by atoms with Gasteiger partial charge in [0.1, 0.15) is 12.1 Å². The number of carbonyl (C=O) groups is 2. The molecule has 0 radical (unpaired) electrons. The van der Waals surface area contributed by atoms with Gasteiger partial charge in [0.25, 0.3) is 5.91 Å². The molecule has 86 valence electrons. The quantitative estimate of drug-likeness (QED) is 0.683. The molecular weight excluding hydrogens is 212 g/mol. The summed E-state index contributed by atoms with van der Waals surface area (Å²) in [6.45, 7) is 1.44. The molecule has 1 amide bonds. The van der Waals surface area contributed by atoms with Gasteiger partial charge in [-0.3, -0.25) is 14.4 Å². The van der Waals surface area contributed by atoms with Crippen molar-refractivity contribution in [2.75, 3.05) is 13.7 Å². The second kappa shape index (κ2) is 5.11. The molecule has 6 heteroatoms. The Bertz CT molecular complexity index is 464. The van der Waals surface area contributed by atoms with Gasteiger partial charge in [-0.25, -0.2) is 0 Å². The Morgan fingerprint density at radius 2 is 2.19 bits per heavy atom. The summed E-state index contributed by atoms with van der Waals surface area (Å²) in [6.07, 6.45) is 1.31. The van der Waals surface area contributed by atoms with Gasteiger partial charge >= 0.3 is 5.97 Å². The highest BCUT2D eigenvalue weighted by atomic mass is 16.5. The normalized spacial score (nSPS) is 9.62. The van der Waals surface area contributed by atoms with Crippen molar-refractivity contribution in [1.82, 2.24) is 10.3 Å². The minimum Gasteiger partial charge on any atom is -0.468 e. The number of methoxy groups -OCH3 is 1. The first-order valence-corrected chi connectivity index (χ1v) is 4.59. The average Bonchev–Trinajstić information content (AvgIpc) is 2.25. The van der Waals surface area contributed by atoms with Crippen molar-refractivity contribution in [2.45, 2.75) is 6.92 Å². The van der Waals surface area contributed by atoms with Gasteiger partial charge in [0.15, 0.2) is 5.43 Å². The Morgan fingerprint density at radius 3 is 2.75 bits per heavy atom. The number of esters is 1. The highest BCUT2D eigenvalue weighted by Gasteiger charge is 2.11. The van der Waals surface area contributed by atoms with E-state index in [1.165, 1.54) is 19.4 Å². The average molecular weight is 224 g/mol. The number of hydrogen-bond acceptors (Lipinski definition) is 4. The van der Waals surface area contributed by atoms with E-state index in [9.17, 15) is 14.4 Å². The number of aryl methyl sites for hydroxylation is 1. The van der Waals surface area contributed by atoms with Crippen molar-refractivity contribution in [3.8, 4) is 0 Å². The standard InChI is InChI=1S/C10H12N2O4/c1-6-3-8(13)7(4-11-6)10(15)12-5-9(14)16-2/h3-4H,5H2,1-2H3,(H,11,13)(H,12,15). The Kier molecular flexibility index (Phi) is 3.82. The molecule has 0 aliphatic carbocycles. The summed E-state index contributed by atoms with van der Waals surface area (Å²) < 4.78 is 4.35. The summed E-state index contributed by atoms with van der Waals surface area (Å²) in [5.74, 6) is -1.18. The fourth-order valence-corrected chi connectivity index (χ4v) is 1.07. The third kappa shape index (κ3) is 2.94. The number of nitrogens with one attached hydrogen (secondary N) is 2. The zero-order valence-corrected chi connectivity index (χ0v) is 8.99. The highest BCUT2D eigenvalue weighted by Crippen LogP contribution is 1.91. The fourth-order valence-electron chi connectivity index (χ4n) is 1.07. The number of aromatic nitrogens is 1. The molecule has 0 fully saturated rings. The van der Waals surface area contributed by atoms with Gasteiger partial charge in [-0.2, -0.15) is 0 Å². The summed E-state index contributed by atoms with van der Waals surface area (Å²) in [5, 5.41) is 2.28. The SMILES string of the molecule is COC(=O)CNC(=O)c1c[nH]c(C)cc1=O. The number of hydrogen-bond donors (Lipinski definition) is 2. The predicted molar refractivity (Wildman–Crippen MR) is 56.1 cm³/mol. The maximum Gasteiger partial charge on any atom is 0.325 e. The van der Waals surface area contributed by atoms with Gasteiger partial charge in [-0.1, -0.05) is 0 Å². The van der Waals surface area contributed by atoms with Crippen molar-refractivity contribution in [1.29, 1.82) is 0 Å². The Balaban J connectivity index is 2.74. The number of pyridine rings is 1. The molecule has 1 heterocycles. The van der Waals surface area contributed by atoms with E-state index in [4.69, 9.17) is 0 Å². The molecule has 0 spiro atoms. The van der Waals surface area contributed by atoms with Crippen molar-refractivity contribution in [3.05, 3.63) is 33.7 Å². The maximum absolute atomic E-state index is 11.5. The first kappa shape index (κ1) is 12.0. The summed E-state index contributed by atoms with van der Waals surface area (Å²) in [5.41, 5.74) is 0.239. The maximum atomic E-state index is 11.5. The molecule has 0 aliphatic rings. The number of rotatable bonds is 3. The lowest BCUT2D eigenvalue weighted by Gasteiger charge is -2.03. The largest absolute Gasteiger partial charge is 0.468 e. The van der Waals surface area contributed by atoms with Crippen LogP contribution in [0.15, 0.2) is 17.1 Å². The van der Waals surface area contributed by atoms with Crippen LogP contribution in [0.5, 0.6) is 0 Å². The molecule has 16 heavy (non-hydrogen) atoms. The molecular formula is C10H12N2O4. The number of ether oxygens (including phenoxy) is 1. The van der Waals surface area contributed by atoms with E-state index >= 15 is 0 Å². The highest BCUT2D eigenvalue weighted by molar-refractivity contribution is 5.95. The fraction of sp³-hybridized carbons (Fsp3) is 0.300. The van der Waals surface area contributed by atoms with E-state index in [-0.39, 0.29) is 12.1 Å². The Labute approximate surface area is 91.6 Å². The van der Waals surface area contributed by atoms with Crippen LogP contribution >= 0.6 is 0 Å². The van der Waals surface area contributed by atoms with Crippen molar-refractivity contribution in [2.24, 2.45) is 0 Å². The first-order valence-electron chi connectivity index (χ1n) is 4.59. The molecule has 0 aromatic carbocycles. The number of H-pyrrole nitrogens is 1. The number of amides is 1. The molecule has 0 unspecified atom stereocenters. The second-order valence-electron chi connectivity index (χ2n) is 3.15. The zero-order valence-electron chi connectivity index (χ0n) is 8.99. The number of carbonyl (C=O) groups excluding carboxylic acids is 2. The molecule has 0 saturated carbocycles. The van der Waals surface area contributed by atoms with E-state index in [0.29, 0.717) is 5.69 Å². The molecule has 2 N–H and O–H groups in total. The monoisotopic (exact) mass is 224 g/mol. The molecule has 0 atom stereocenters. The molecule has 1 aromatic heterocycles. The van der Waals surface area contributed by atoms with E-state index in [1.807, 2.05) is 0 Å². The lowest BCUT2D eigenvalue weighted by Crippen LogP contribution is -2.33. The summed E-state index contributed by atoms with van der Waals surface area (Å²) in [4.78, 5) is 36.4. The third-order valence-electron chi connectivity index (χ3n) is 1.92. The van der Waals surface area contributed by atoms with Crippen molar-refractivity contribution < 1.29 is 14.3 Å². The lowest BCUT2D eigenvalue weighted by atomic mass is 10.2. The van der Waals surface area contributed by atoms with Crippen LogP contribution in [0.2, 0.25) is 0 Å². The van der Waals surface area contributed by atoms with Crippen LogP contribution in [0.1, 0.15) is 16.1 Å². The minimum atomic E-state index is -0.605. The number of aromatic amines is 1. The van der Waals surface area contributed by atoms with Crippen LogP contribution in [-0.4, -0.2) is 30.5 Å². The van der Waals surface area contributed by atoms with Gasteiger partial charge < -0.3 is 15.0 Å². The van der Waals surface area contributed by atoms with E-state index in [1.54, 1.807) is 6.92 Å². The molecule has 6 nitrogen and oxygen atoms in total. The molecule has 1 aromatic rings. The Hall–Kier alpha value is -2.11. The van der Waals surface area contributed by atoms with Crippen LogP contribution in [-0.2, 0) is 9.53 Å². The van der Waals surface area contributed by atoms with E-state index in [2.05, 4.69) is 15.0 Å². The summed E-state index contributed by atoms with van der Waals surface area (Å²) in [6, 6.07) is 1.31. The van der Waals surface area contributed by atoms with Crippen LogP contribution in [0, 0.1) is 6.92 Å². The van der Waals surface area contributed by atoms with Gasteiger partial charge in [-0.15, -0.1) is 0 Å². The van der Waals surface area contributed by atoms with Crippen molar-refractivity contribution >= 4 is 11.9 Å². The molecule has 1 rings (SSSR count). The molecule has 0 aliphatic heterocycles. The second-order valence-corrected chi connectivity index (χ2v) is 3.15. The topological polar surface area (TPSA) is 88.3 Å². The summed E-state index contributed by atoms with van der Waals surface area (Å²) >= 11 is 0. The third-order valence-corrected chi connectivity index (χ3v) is 1.92. The van der Waals surface area contributed by atoms with Gasteiger partial charge in [0, 0.05) is 18.0 Å². The molecule has 0 saturated heterocycles. The van der Waals surface area contributed by atoms with Gasteiger partial charge in [0.05, 0.1) is 7.11 Å². The molecule has 0 bridgehead atoms.